The van der Waals surface area contributed by atoms with Gasteiger partial charge in [0.25, 0.3) is 11.5 Å². The van der Waals surface area contributed by atoms with Crippen LogP contribution in [0.5, 0.6) is 17.2 Å². The fourth-order valence-corrected chi connectivity index (χ4v) is 5.52. The fourth-order valence-electron chi connectivity index (χ4n) is 4.48. The summed E-state index contributed by atoms with van der Waals surface area (Å²) in [7, 11) is 4.76. The average Bonchev–Trinajstić information content (AvgIpc) is 3.22. The van der Waals surface area contributed by atoms with Crippen LogP contribution in [0.25, 0.3) is 6.08 Å². The van der Waals surface area contributed by atoms with Gasteiger partial charge in [0.15, 0.2) is 4.80 Å². The number of nitrogens with zero attached hydrogens (tertiary/aromatic N) is 3. The van der Waals surface area contributed by atoms with Crippen molar-refractivity contribution < 1.29 is 19.0 Å². The number of carbonyl (C=O) groups is 1. The molecule has 2 aromatic carbocycles. The molecule has 3 aromatic rings. The van der Waals surface area contributed by atoms with Crippen LogP contribution in [0.1, 0.15) is 37.9 Å². The highest BCUT2D eigenvalue weighted by molar-refractivity contribution is 7.07. The van der Waals surface area contributed by atoms with Crippen molar-refractivity contribution in [1.29, 1.82) is 0 Å². The zero-order chi connectivity index (χ0) is 26.7. The normalized spacial score (nSPS) is 15.2. The van der Waals surface area contributed by atoms with E-state index in [-0.39, 0.29) is 11.5 Å². The van der Waals surface area contributed by atoms with Crippen molar-refractivity contribution in [2.75, 3.05) is 34.4 Å². The van der Waals surface area contributed by atoms with Gasteiger partial charge < -0.3 is 19.1 Å². The molecule has 1 aromatic heterocycles. The van der Waals surface area contributed by atoms with E-state index in [1.54, 1.807) is 42.9 Å². The highest BCUT2D eigenvalue weighted by atomic mass is 32.1. The largest absolute Gasteiger partial charge is 0.497 e. The highest BCUT2D eigenvalue weighted by Gasteiger charge is 2.36. The molecule has 1 aliphatic heterocycles. The Labute approximate surface area is 219 Å². The van der Waals surface area contributed by atoms with Gasteiger partial charge in [-0.15, -0.1) is 0 Å². The van der Waals surface area contributed by atoms with Gasteiger partial charge in [-0.3, -0.25) is 14.2 Å². The smallest absolute Gasteiger partial charge is 0.271 e. The van der Waals surface area contributed by atoms with Crippen molar-refractivity contribution in [2.24, 2.45) is 4.99 Å². The third-order valence-electron chi connectivity index (χ3n) is 6.45. The molecule has 194 valence electrons. The number of aromatic nitrogens is 1. The van der Waals surface area contributed by atoms with Crippen LogP contribution >= 0.6 is 11.3 Å². The van der Waals surface area contributed by atoms with Crippen LogP contribution in [-0.4, -0.2) is 49.8 Å². The highest BCUT2D eigenvalue weighted by Crippen LogP contribution is 2.38. The summed E-state index contributed by atoms with van der Waals surface area (Å²) < 4.78 is 18.5. The minimum Gasteiger partial charge on any atom is -0.497 e. The number of fused-ring (bicyclic) bond motifs is 1. The van der Waals surface area contributed by atoms with E-state index in [2.05, 4.69) is 0 Å². The summed E-state index contributed by atoms with van der Waals surface area (Å²) in [5.41, 5.74) is 2.30. The molecule has 4 rings (SSSR count). The summed E-state index contributed by atoms with van der Waals surface area (Å²) in [5, 5.41) is 0. The third kappa shape index (κ3) is 4.91. The molecule has 0 saturated heterocycles. The summed E-state index contributed by atoms with van der Waals surface area (Å²) in [6, 6.07) is 12.1. The number of thiazole rings is 1. The monoisotopic (exact) mass is 521 g/mol. The van der Waals surface area contributed by atoms with Gasteiger partial charge in [-0.05, 0) is 62.7 Å². The molecule has 0 unspecified atom stereocenters. The molecule has 2 heterocycles. The van der Waals surface area contributed by atoms with E-state index in [0.29, 0.717) is 50.8 Å². The summed E-state index contributed by atoms with van der Waals surface area (Å²) in [6.07, 6.45) is 1.83. The zero-order valence-corrected chi connectivity index (χ0v) is 22.7. The Hall–Kier alpha value is -3.85. The first kappa shape index (κ1) is 26.2. The molecule has 0 radical (unpaired) electrons. The number of ether oxygens (including phenoxy) is 3. The van der Waals surface area contributed by atoms with Gasteiger partial charge in [-0.2, -0.15) is 0 Å². The number of hydrogen-bond donors (Lipinski definition) is 0. The third-order valence-corrected chi connectivity index (χ3v) is 7.43. The Balaban J connectivity index is 2.00. The number of amides is 1. The van der Waals surface area contributed by atoms with E-state index in [1.165, 1.54) is 11.3 Å². The molecule has 0 fully saturated rings. The minimum atomic E-state index is -0.729. The number of rotatable bonds is 8. The Kier molecular flexibility index (Phi) is 7.83. The first-order chi connectivity index (χ1) is 17.9. The Morgan fingerprint density at radius 1 is 1.03 bits per heavy atom. The quantitative estimate of drug-likeness (QED) is 0.455. The van der Waals surface area contributed by atoms with E-state index < -0.39 is 6.04 Å². The van der Waals surface area contributed by atoms with Crippen LogP contribution < -0.4 is 29.1 Å². The van der Waals surface area contributed by atoms with Crippen LogP contribution in [0.3, 0.4) is 0 Å². The lowest BCUT2D eigenvalue weighted by atomic mass is 9.93. The maximum atomic E-state index is 13.9. The standard InChI is InChI=1S/C28H31N3O5S/c1-7-30(8-2)27(33)24-17(3)29-28-31(25(24)21-16-20(35-5)13-14-22(21)36-6)26(32)23(37-28)15-18-9-11-19(34-4)12-10-18/h9-16,25H,7-8H2,1-6H3/b23-15+/t25-/m0/s1. The second-order valence-electron chi connectivity index (χ2n) is 8.44. The van der Waals surface area contributed by atoms with Gasteiger partial charge in [0.2, 0.25) is 0 Å². The summed E-state index contributed by atoms with van der Waals surface area (Å²) in [5.74, 6) is 1.72. The maximum absolute atomic E-state index is 13.9. The van der Waals surface area contributed by atoms with Crippen molar-refractivity contribution in [2.45, 2.75) is 26.8 Å². The maximum Gasteiger partial charge on any atom is 0.271 e. The van der Waals surface area contributed by atoms with Crippen molar-refractivity contribution >= 4 is 23.3 Å². The van der Waals surface area contributed by atoms with Gasteiger partial charge >= 0.3 is 0 Å². The summed E-state index contributed by atoms with van der Waals surface area (Å²) in [4.78, 5) is 34.7. The minimum absolute atomic E-state index is 0.162. The number of carbonyl (C=O) groups excluding carboxylic acids is 1. The van der Waals surface area contributed by atoms with Crippen molar-refractivity contribution in [3.05, 3.63) is 84.5 Å². The average molecular weight is 522 g/mol. The predicted molar refractivity (Wildman–Crippen MR) is 144 cm³/mol. The second-order valence-corrected chi connectivity index (χ2v) is 9.45. The van der Waals surface area contributed by atoms with Gasteiger partial charge in [0.05, 0.1) is 37.1 Å². The van der Waals surface area contributed by atoms with Crippen LogP contribution in [0, 0.1) is 0 Å². The lowest BCUT2D eigenvalue weighted by molar-refractivity contribution is -0.127. The van der Waals surface area contributed by atoms with Gasteiger partial charge in [0, 0.05) is 18.7 Å². The number of methoxy groups -OCH3 is 3. The molecule has 0 spiro atoms. The summed E-state index contributed by atoms with van der Waals surface area (Å²) >= 11 is 1.29. The Morgan fingerprint density at radius 2 is 1.68 bits per heavy atom. The van der Waals surface area contributed by atoms with E-state index in [0.717, 1.165) is 11.3 Å². The molecule has 8 nitrogen and oxygen atoms in total. The number of benzene rings is 2. The molecule has 0 saturated carbocycles. The number of hydrogen-bond acceptors (Lipinski definition) is 7. The fraction of sp³-hybridized carbons (Fsp3) is 0.321. The van der Waals surface area contributed by atoms with Crippen molar-refractivity contribution in [3.63, 3.8) is 0 Å². The van der Waals surface area contributed by atoms with E-state index in [1.807, 2.05) is 57.2 Å². The summed E-state index contributed by atoms with van der Waals surface area (Å²) in [6.45, 7) is 6.76. The SMILES string of the molecule is CCN(CC)C(=O)C1=C(C)N=c2s/c(=C/c3ccc(OC)cc3)c(=O)n2[C@H]1c1cc(OC)ccc1OC. The van der Waals surface area contributed by atoms with E-state index in [9.17, 15) is 9.59 Å². The number of allylic oxidation sites excluding steroid dienone is 1. The molecular weight excluding hydrogens is 490 g/mol. The molecule has 1 amide bonds. The first-order valence-electron chi connectivity index (χ1n) is 12.0. The van der Waals surface area contributed by atoms with Crippen LogP contribution in [0.15, 0.2) is 63.5 Å². The van der Waals surface area contributed by atoms with Crippen LogP contribution in [-0.2, 0) is 4.79 Å². The Morgan fingerprint density at radius 3 is 2.27 bits per heavy atom. The zero-order valence-electron chi connectivity index (χ0n) is 21.9. The molecular formula is C28H31N3O5S. The van der Waals surface area contributed by atoms with Gasteiger partial charge in [-0.1, -0.05) is 23.5 Å². The predicted octanol–water partition coefficient (Wildman–Crippen LogP) is 3.13. The molecule has 9 heteroatoms. The second kappa shape index (κ2) is 11.0. The molecule has 1 atom stereocenters. The van der Waals surface area contributed by atoms with Gasteiger partial charge in [-0.25, -0.2) is 4.99 Å². The molecule has 0 bridgehead atoms. The topological polar surface area (TPSA) is 82.4 Å². The van der Waals surface area contributed by atoms with E-state index >= 15 is 0 Å². The molecule has 0 N–H and O–H groups in total. The molecule has 37 heavy (non-hydrogen) atoms. The lowest BCUT2D eigenvalue weighted by Gasteiger charge is -2.30. The Bertz CT molecular complexity index is 1510. The first-order valence-corrected chi connectivity index (χ1v) is 12.9. The van der Waals surface area contributed by atoms with Crippen LogP contribution in [0.4, 0.5) is 0 Å². The number of likely N-dealkylation sites (N-methyl/N-ethyl adjacent to an activating group) is 1. The molecule has 0 aliphatic carbocycles. The van der Waals surface area contributed by atoms with Crippen molar-refractivity contribution in [1.82, 2.24) is 9.47 Å². The van der Waals surface area contributed by atoms with E-state index in [4.69, 9.17) is 19.2 Å². The van der Waals surface area contributed by atoms with Crippen molar-refractivity contribution in [3.8, 4) is 17.2 Å². The van der Waals surface area contributed by atoms with Crippen LogP contribution in [0.2, 0.25) is 0 Å². The molecule has 1 aliphatic rings. The van der Waals surface area contributed by atoms with Gasteiger partial charge in [0.1, 0.15) is 23.3 Å². The lowest BCUT2D eigenvalue weighted by Crippen LogP contribution is -2.43.